The van der Waals surface area contributed by atoms with Crippen LogP contribution in [0, 0.1) is 0 Å². The molecule has 1 atom stereocenters. The van der Waals surface area contributed by atoms with Gasteiger partial charge in [0.2, 0.25) is 15.9 Å². The third-order valence-corrected chi connectivity index (χ3v) is 6.06. The van der Waals surface area contributed by atoms with Gasteiger partial charge in [0.25, 0.3) is 0 Å². The van der Waals surface area contributed by atoms with Crippen LogP contribution in [0.3, 0.4) is 0 Å². The molecular weight excluding hydrogens is 440 g/mol. The number of amides is 1. The summed E-state index contributed by atoms with van der Waals surface area (Å²) < 4.78 is 37.4. The first-order valence-corrected chi connectivity index (χ1v) is 12.4. The maximum Gasteiger partial charge on any atom is 0.243 e. The van der Waals surface area contributed by atoms with E-state index in [0.717, 1.165) is 16.1 Å². The highest BCUT2D eigenvalue weighted by Gasteiger charge is 2.29. The molecule has 0 aliphatic carbocycles. The minimum Gasteiger partial charge on any atom is -0.457 e. The van der Waals surface area contributed by atoms with Crippen LogP contribution >= 0.6 is 0 Å². The van der Waals surface area contributed by atoms with Gasteiger partial charge in [-0.3, -0.25) is 9.10 Å². The number of anilines is 1. The SMILES string of the molecule is C[C@@H](C(=O)NCCOCc1ccccc1)N(c1ccc(Oc2ccccc2)cc1)S(C)(=O)=O. The molecule has 1 amide bonds. The molecule has 0 spiro atoms. The molecule has 0 fully saturated rings. The van der Waals surface area contributed by atoms with Gasteiger partial charge in [0.1, 0.15) is 17.5 Å². The zero-order valence-electron chi connectivity index (χ0n) is 18.7. The van der Waals surface area contributed by atoms with Gasteiger partial charge in [0.15, 0.2) is 0 Å². The molecule has 0 unspecified atom stereocenters. The Hall–Kier alpha value is -3.36. The molecule has 0 heterocycles. The summed E-state index contributed by atoms with van der Waals surface area (Å²) >= 11 is 0. The van der Waals surface area contributed by atoms with Crippen molar-refractivity contribution in [2.24, 2.45) is 0 Å². The Morgan fingerprint density at radius 2 is 1.48 bits per heavy atom. The molecule has 0 radical (unpaired) electrons. The second-order valence-electron chi connectivity index (χ2n) is 7.47. The molecule has 3 aromatic rings. The van der Waals surface area contributed by atoms with Crippen molar-refractivity contribution in [3.63, 3.8) is 0 Å². The lowest BCUT2D eigenvalue weighted by molar-refractivity contribution is -0.122. The van der Waals surface area contributed by atoms with Crippen LogP contribution in [0.4, 0.5) is 5.69 Å². The van der Waals surface area contributed by atoms with E-state index in [0.29, 0.717) is 30.4 Å². The van der Waals surface area contributed by atoms with Crippen molar-refractivity contribution < 1.29 is 22.7 Å². The summed E-state index contributed by atoms with van der Waals surface area (Å²) in [6, 6.07) is 24.6. The number of hydrogen-bond donors (Lipinski definition) is 1. The fraction of sp³-hybridized carbons (Fsp3) is 0.240. The van der Waals surface area contributed by atoms with Crippen LogP contribution in [0.1, 0.15) is 12.5 Å². The number of nitrogens with zero attached hydrogens (tertiary/aromatic N) is 1. The van der Waals surface area contributed by atoms with Crippen LogP contribution in [-0.2, 0) is 26.2 Å². The predicted molar refractivity (Wildman–Crippen MR) is 129 cm³/mol. The molecule has 3 rings (SSSR count). The van der Waals surface area contributed by atoms with Gasteiger partial charge in [-0.25, -0.2) is 8.42 Å². The van der Waals surface area contributed by atoms with Crippen LogP contribution in [-0.4, -0.2) is 39.8 Å². The molecule has 0 saturated carbocycles. The highest BCUT2D eigenvalue weighted by atomic mass is 32.2. The van der Waals surface area contributed by atoms with Gasteiger partial charge >= 0.3 is 0 Å². The monoisotopic (exact) mass is 468 g/mol. The first kappa shape index (κ1) is 24.3. The average Bonchev–Trinajstić information content (AvgIpc) is 2.80. The Balaban J connectivity index is 1.57. The first-order chi connectivity index (χ1) is 15.8. The van der Waals surface area contributed by atoms with E-state index in [1.54, 1.807) is 31.2 Å². The summed E-state index contributed by atoms with van der Waals surface area (Å²) in [5.74, 6) is 0.826. The summed E-state index contributed by atoms with van der Waals surface area (Å²) in [7, 11) is -3.70. The van der Waals surface area contributed by atoms with Crippen molar-refractivity contribution in [1.29, 1.82) is 0 Å². The Kier molecular flexibility index (Phi) is 8.46. The van der Waals surface area contributed by atoms with E-state index in [2.05, 4.69) is 5.32 Å². The van der Waals surface area contributed by atoms with Crippen molar-refractivity contribution in [3.8, 4) is 11.5 Å². The molecule has 1 N–H and O–H groups in total. The molecule has 8 heteroatoms. The van der Waals surface area contributed by atoms with Gasteiger partial charge in [0.05, 0.1) is 25.2 Å². The van der Waals surface area contributed by atoms with Crippen molar-refractivity contribution in [2.45, 2.75) is 19.6 Å². The standard InChI is InChI=1S/C25H28N2O5S/c1-20(25(28)26-17-18-31-19-21-9-5-3-6-10-21)27(33(2,29)30)22-13-15-24(16-14-22)32-23-11-7-4-8-12-23/h3-16,20H,17-19H2,1-2H3,(H,26,28)/t20-/m0/s1. The number of carbonyl (C=O) groups excluding carboxylic acids is 1. The molecule has 0 bridgehead atoms. The molecule has 174 valence electrons. The molecule has 3 aromatic carbocycles. The molecule has 7 nitrogen and oxygen atoms in total. The zero-order valence-corrected chi connectivity index (χ0v) is 19.5. The smallest absolute Gasteiger partial charge is 0.243 e. The largest absolute Gasteiger partial charge is 0.457 e. The molecule has 0 aromatic heterocycles. The minimum atomic E-state index is -3.70. The van der Waals surface area contributed by atoms with Gasteiger partial charge in [-0.2, -0.15) is 0 Å². The maximum absolute atomic E-state index is 12.6. The number of sulfonamides is 1. The normalized spacial score (nSPS) is 12.1. The molecular formula is C25H28N2O5S. The van der Waals surface area contributed by atoms with E-state index in [4.69, 9.17) is 9.47 Å². The van der Waals surface area contributed by atoms with Crippen LogP contribution in [0.5, 0.6) is 11.5 Å². The van der Waals surface area contributed by atoms with Crippen LogP contribution in [0.25, 0.3) is 0 Å². The second-order valence-corrected chi connectivity index (χ2v) is 9.33. The summed E-state index contributed by atoms with van der Waals surface area (Å²) in [5.41, 5.74) is 1.42. The predicted octanol–water partition coefficient (Wildman–Crippen LogP) is 3.97. The van der Waals surface area contributed by atoms with Crippen LogP contribution in [0.15, 0.2) is 84.9 Å². The van der Waals surface area contributed by atoms with Gasteiger partial charge in [-0.05, 0) is 48.9 Å². The number of ether oxygens (including phenoxy) is 2. The minimum absolute atomic E-state index is 0.275. The van der Waals surface area contributed by atoms with E-state index in [1.807, 2.05) is 60.7 Å². The highest BCUT2D eigenvalue weighted by molar-refractivity contribution is 7.92. The fourth-order valence-corrected chi connectivity index (χ4v) is 4.43. The van der Waals surface area contributed by atoms with Gasteiger partial charge in [0, 0.05) is 6.54 Å². The van der Waals surface area contributed by atoms with Gasteiger partial charge in [-0.1, -0.05) is 48.5 Å². The summed E-state index contributed by atoms with van der Waals surface area (Å²) in [6.45, 7) is 2.59. The lowest BCUT2D eigenvalue weighted by Gasteiger charge is -2.28. The number of para-hydroxylation sites is 1. The molecule has 0 aliphatic heterocycles. The third-order valence-electron chi connectivity index (χ3n) is 4.82. The van der Waals surface area contributed by atoms with Gasteiger partial charge < -0.3 is 14.8 Å². The number of hydrogen-bond acceptors (Lipinski definition) is 5. The molecule has 33 heavy (non-hydrogen) atoms. The fourth-order valence-electron chi connectivity index (χ4n) is 3.25. The lowest BCUT2D eigenvalue weighted by Crippen LogP contribution is -2.48. The van der Waals surface area contributed by atoms with E-state index >= 15 is 0 Å². The Labute approximate surface area is 195 Å². The van der Waals surface area contributed by atoms with E-state index in [9.17, 15) is 13.2 Å². The number of carbonyl (C=O) groups is 1. The quantitative estimate of drug-likeness (QED) is 0.431. The van der Waals surface area contributed by atoms with Crippen molar-refractivity contribution >= 4 is 21.6 Å². The Morgan fingerprint density at radius 3 is 2.09 bits per heavy atom. The van der Waals surface area contributed by atoms with Crippen molar-refractivity contribution in [3.05, 3.63) is 90.5 Å². The third kappa shape index (κ3) is 7.34. The van der Waals surface area contributed by atoms with Crippen LogP contribution in [0.2, 0.25) is 0 Å². The van der Waals surface area contributed by atoms with Crippen LogP contribution < -0.4 is 14.4 Å². The Morgan fingerprint density at radius 1 is 0.909 bits per heavy atom. The van der Waals surface area contributed by atoms with Crippen molar-refractivity contribution in [2.75, 3.05) is 23.7 Å². The molecule has 0 saturated heterocycles. The highest BCUT2D eigenvalue weighted by Crippen LogP contribution is 2.26. The summed E-state index contributed by atoms with van der Waals surface area (Å²) in [6.07, 6.45) is 1.08. The number of rotatable bonds is 11. The average molecular weight is 469 g/mol. The van der Waals surface area contributed by atoms with Crippen molar-refractivity contribution in [1.82, 2.24) is 5.32 Å². The Bertz CT molecular complexity index is 1120. The van der Waals surface area contributed by atoms with E-state index in [1.165, 1.54) is 0 Å². The zero-order chi connectivity index (χ0) is 23.7. The molecule has 0 aliphatic rings. The van der Waals surface area contributed by atoms with E-state index in [-0.39, 0.29) is 6.54 Å². The summed E-state index contributed by atoms with van der Waals surface area (Å²) in [4.78, 5) is 12.6. The number of nitrogens with one attached hydrogen (secondary N) is 1. The first-order valence-electron chi connectivity index (χ1n) is 10.6. The van der Waals surface area contributed by atoms with E-state index < -0.39 is 22.0 Å². The number of benzene rings is 3. The maximum atomic E-state index is 12.6. The lowest BCUT2D eigenvalue weighted by atomic mass is 10.2. The second kappa shape index (κ2) is 11.5. The van der Waals surface area contributed by atoms with Gasteiger partial charge in [-0.15, -0.1) is 0 Å². The summed E-state index contributed by atoms with van der Waals surface area (Å²) in [5, 5.41) is 2.74. The topological polar surface area (TPSA) is 84.9 Å².